The van der Waals surface area contributed by atoms with Gasteiger partial charge >= 0.3 is 0 Å². The zero-order chi connectivity index (χ0) is 13.0. The lowest BCUT2D eigenvalue weighted by atomic mass is 9.95. The summed E-state index contributed by atoms with van der Waals surface area (Å²) in [5.74, 6) is 0.609. The first-order valence-electron chi connectivity index (χ1n) is 6.60. The molecule has 1 aromatic rings. The molecule has 0 aromatic carbocycles. The highest BCUT2D eigenvalue weighted by atomic mass is 16.1. The summed E-state index contributed by atoms with van der Waals surface area (Å²) in [5, 5.41) is 2.99. The van der Waals surface area contributed by atoms with Crippen molar-refractivity contribution in [2.45, 2.75) is 32.7 Å². The lowest BCUT2D eigenvalue weighted by Crippen LogP contribution is -2.34. The first-order valence-corrected chi connectivity index (χ1v) is 6.60. The van der Waals surface area contributed by atoms with E-state index in [1.807, 2.05) is 25.3 Å². The van der Waals surface area contributed by atoms with E-state index in [1.54, 1.807) is 0 Å². The molecule has 0 saturated heterocycles. The standard InChI is InChI=1S/C14H21N3O/c1-10-5-6-11(8-16-10)9-17-14(18)13-4-2-3-12(13)7-15/h5-6,8,12-13H,2-4,7,9,15H2,1H3,(H,17,18)/t12-,13-/m1/s1. The fourth-order valence-electron chi connectivity index (χ4n) is 2.59. The molecule has 2 rings (SSSR count). The molecular formula is C14H21N3O. The van der Waals surface area contributed by atoms with E-state index in [0.29, 0.717) is 19.0 Å². The molecule has 0 spiro atoms. The smallest absolute Gasteiger partial charge is 0.223 e. The maximum atomic E-state index is 12.1. The van der Waals surface area contributed by atoms with E-state index in [9.17, 15) is 4.79 Å². The summed E-state index contributed by atoms with van der Waals surface area (Å²) in [6, 6.07) is 3.96. The lowest BCUT2D eigenvalue weighted by Gasteiger charge is -2.17. The van der Waals surface area contributed by atoms with E-state index < -0.39 is 0 Å². The molecule has 2 atom stereocenters. The van der Waals surface area contributed by atoms with Crippen LogP contribution in [0.3, 0.4) is 0 Å². The van der Waals surface area contributed by atoms with Gasteiger partial charge in [-0.3, -0.25) is 9.78 Å². The quantitative estimate of drug-likeness (QED) is 0.844. The highest BCUT2D eigenvalue weighted by Gasteiger charge is 2.31. The Morgan fingerprint density at radius 1 is 1.50 bits per heavy atom. The largest absolute Gasteiger partial charge is 0.352 e. The van der Waals surface area contributed by atoms with Crippen LogP contribution in [0.2, 0.25) is 0 Å². The SMILES string of the molecule is Cc1ccc(CNC(=O)[C@@H]2CCC[C@@H]2CN)cn1. The van der Waals surface area contributed by atoms with Gasteiger partial charge in [-0.15, -0.1) is 0 Å². The van der Waals surface area contributed by atoms with Gasteiger partial charge < -0.3 is 11.1 Å². The second-order valence-corrected chi connectivity index (χ2v) is 5.06. The van der Waals surface area contributed by atoms with Gasteiger partial charge in [0.15, 0.2) is 0 Å². The van der Waals surface area contributed by atoms with Gasteiger partial charge in [0.25, 0.3) is 0 Å². The Hall–Kier alpha value is -1.42. The Balaban J connectivity index is 1.86. The second-order valence-electron chi connectivity index (χ2n) is 5.06. The number of hydrogen-bond donors (Lipinski definition) is 2. The third-order valence-electron chi connectivity index (χ3n) is 3.74. The number of carbonyl (C=O) groups excluding carboxylic acids is 1. The zero-order valence-electron chi connectivity index (χ0n) is 10.9. The Kier molecular flexibility index (Phi) is 4.31. The normalized spacial score (nSPS) is 23.0. The van der Waals surface area contributed by atoms with Crippen LogP contribution in [-0.4, -0.2) is 17.4 Å². The van der Waals surface area contributed by atoms with Crippen molar-refractivity contribution >= 4 is 5.91 Å². The number of nitrogens with zero attached hydrogens (tertiary/aromatic N) is 1. The average Bonchev–Trinajstić information content (AvgIpc) is 2.86. The molecule has 4 nitrogen and oxygen atoms in total. The van der Waals surface area contributed by atoms with E-state index >= 15 is 0 Å². The molecule has 18 heavy (non-hydrogen) atoms. The summed E-state index contributed by atoms with van der Waals surface area (Å²) in [6.07, 6.45) is 4.98. The molecule has 0 radical (unpaired) electrons. The van der Waals surface area contributed by atoms with Crippen molar-refractivity contribution in [2.75, 3.05) is 6.54 Å². The van der Waals surface area contributed by atoms with Crippen LogP contribution in [0, 0.1) is 18.8 Å². The Bertz CT molecular complexity index is 402. The molecule has 1 saturated carbocycles. The lowest BCUT2D eigenvalue weighted by molar-refractivity contribution is -0.126. The van der Waals surface area contributed by atoms with E-state index in [1.165, 1.54) is 0 Å². The van der Waals surface area contributed by atoms with Crippen LogP contribution >= 0.6 is 0 Å². The van der Waals surface area contributed by atoms with E-state index in [2.05, 4.69) is 10.3 Å². The van der Waals surface area contributed by atoms with Crippen molar-refractivity contribution in [1.29, 1.82) is 0 Å². The van der Waals surface area contributed by atoms with Gasteiger partial charge in [0.05, 0.1) is 0 Å². The fourth-order valence-corrected chi connectivity index (χ4v) is 2.59. The molecule has 1 aromatic heterocycles. The van der Waals surface area contributed by atoms with Gasteiger partial charge in [0, 0.05) is 24.4 Å². The summed E-state index contributed by atoms with van der Waals surface area (Å²) in [4.78, 5) is 16.3. The van der Waals surface area contributed by atoms with Crippen LogP contribution < -0.4 is 11.1 Å². The monoisotopic (exact) mass is 247 g/mol. The number of carbonyl (C=O) groups is 1. The van der Waals surface area contributed by atoms with Crippen LogP contribution in [-0.2, 0) is 11.3 Å². The molecule has 1 aliphatic rings. The van der Waals surface area contributed by atoms with Crippen molar-refractivity contribution < 1.29 is 4.79 Å². The van der Waals surface area contributed by atoms with E-state index in [4.69, 9.17) is 5.73 Å². The number of amides is 1. The summed E-state index contributed by atoms with van der Waals surface area (Å²) < 4.78 is 0. The molecule has 1 heterocycles. The number of aryl methyl sites for hydroxylation is 1. The third-order valence-corrected chi connectivity index (χ3v) is 3.74. The van der Waals surface area contributed by atoms with Gasteiger partial charge in [-0.1, -0.05) is 12.5 Å². The molecule has 1 aliphatic carbocycles. The van der Waals surface area contributed by atoms with Gasteiger partial charge in [-0.05, 0) is 43.9 Å². The van der Waals surface area contributed by atoms with Gasteiger partial charge in [0.2, 0.25) is 5.91 Å². The summed E-state index contributed by atoms with van der Waals surface area (Å²) >= 11 is 0. The summed E-state index contributed by atoms with van der Waals surface area (Å²) in [6.45, 7) is 3.12. The third kappa shape index (κ3) is 3.07. The van der Waals surface area contributed by atoms with Crippen LogP contribution in [0.5, 0.6) is 0 Å². The number of pyridine rings is 1. The molecular weight excluding hydrogens is 226 g/mol. The number of nitrogens with two attached hydrogens (primary N) is 1. The summed E-state index contributed by atoms with van der Waals surface area (Å²) in [5.41, 5.74) is 7.72. The molecule has 3 N–H and O–H groups in total. The minimum atomic E-state index is 0.105. The van der Waals surface area contributed by atoms with Crippen LogP contribution in [0.4, 0.5) is 0 Å². The Morgan fingerprint density at radius 2 is 2.33 bits per heavy atom. The number of aromatic nitrogens is 1. The van der Waals surface area contributed by atoms with Gasteiger partial charge in [-0.25, -0.2) is 0 Å². The van der Waals surface area contributed by atoms with Crippen molar-refractivity contribution in [3.05, 3.63) is 29.6 Å². The van der Waals surface area contributed by atoms with Crippen molar-refractivity contribution in [1.82, 2.24) is 10.3 Å². The second kappa shape index (κ2) is 5.96. The first kappa shape index (κ1) is 13.0. The molecule has 0 bridgehead atoms. The van der Waals surface area contributed by atoms with E-state index in [-0.39, 0.29) is 11.8 Å². The molecule has 98 valence electrons. The van der Waals surface area contributed by atoms with Crippen molar-refractivity contribution in [2.24, 2.45) is 17.6 Å². The average molecular weight is 247 g/mol. The topological polar surface area (TPSA) is 68.0 Å². The first-order chi connectivity index (χ1) is 8.70. The number of nitrogens with one attached hydrogen (secondary N) is 1. The van der Waals surface area contributed by atoms with Crippen LogP contribution in [0.15, 0.2) is 18.3 Å². The predicted molar refractivity (Wildman–Crippen MR) is 70.7 cm³/mol. The van der Waals surface area contributed by atoms with Crippen LogP contribution in [0.1, 0.15) is 30.5 Å². The maximum absolute atomic E-state index is 12.1. The molecule has 4 heteroatoms. The summed E-state index contributed by atoms with van der Waals surface area (Å²) in [7, 11) is 0. The van der Waals surface area contributed by atoms with Gasteiger partial charge in [0.1, 0.15) is 0 Å². The fraction of sp³-hybridized carbons (Fsp3) is 0.571. The predicted octanol–water partition coefficient (Wildman–Crippen LogP) is 1.38. The van der Waals surface area contributed by atoms with Crippen molar-refractivity contribution in [3.63, 3.8) is 0 Å². The minimum Gasteiger partial charge on any atom is -0.352 e. The number of hydrogen-bond acceptors (Lipinski definition) is 3. The molecule has 0 aliphatic heterocycles. The van der Waals surface area contributed by atoms with Crippen molar-refractivity contribution in [3.8, 4) is 0 Å². The molecule has 0 unspecified atom stereocenters. The highest BCUT2D eigenvalue weighted by Crippen LogP contribution is 2.30. The maximum Gasteiger partial charge on any atom is 0.223 e. The zero-order valence-corrected chi connectivity index (χ0v) is 10.9. The molecule has 1 amide bonds. The number of rotatable bonds is 4. The Morgan fingerprint density at radius 3 is 3.00 bits per heavy atom. The minimum absolute atomic E-state index is 0.105. The van der Waals surface area contributed by atoms with Gasteiger partial charge in [-0.2, -0.15) is 0 Å². The molecule has 1 fully saturated rings. The van der Waals surface area contributed by atoms with Crippen LogP contribution in [0.25, 0.3) is 0 Å². The van der Waals surface area contributed by atoms with E-state index in [0.717, 1.165) is 30.5 Å². The Labute approximate surface area is 108 Å². The highest BCUT2D eigenvalue weighted by molar-refractivity contribution is 5.79.